The van der Waals surface area contributed by atoms with E-state index in [4.69, 9.17) is 5.73 Å². The maximum absolute atomic E-state index is 12.5. The SMILES string of the molecule is CN(C)Cc1ccccc1-c1nc2cccnc2c(N)c1S(C)(=O)=O. The van der Waals surface area contributed by atoms with Gasteiger partial charge >= 0.3 is 0 Å². The van der Waals surface area contributed by atoms with E-state index in [0.717, 1.165) is 17.4 Å². The number of nitrogens with two attached hydrogens (primary N) is 1. The van der Waals surface area contributed by atoms with Crippen molar-refractivity contribution in [1.29, 1.82) is 0 Å². The Bertz CT molecular complexity index is 1050. The minimum absolute atomic E-state index is 0.0323. The summed E-state index contributed by atoms with van der Waals surface area (Å²) in [5, 5.41) is 0. The molecule has 0 aliphatic heterocycles. The van der Waals surface area contributed by atoms with Gasteiger partial charge < -0.3 is 10.6 Å². The first-order valence-electron chi connectivity index (χ1n) is 7.76. The van der Waals surface area contributed by atoms with Crippen molar-refractivity contribution in [3.05, 3.63) is 48.2 Å². The highest BCUT2D eigenvalue weighted by Gasteiger charge is 2.24. The number of sulfone groups is 1. The first kappa shape index (κ1) is 17.3. The van der Waals surface area contributed by atoms with Crippen LogP contribution in [-0.2, 0) is 16.4 Å². The number of aromatic nitrogens is 2. The van der Waals surface area contributed by atoms with Gasteiger partial charge in [0.2, 0.25) is 0 Å². The molecule has 0 saturated heterocycles. The van der Waals surface area contributed by atoms with Crippen LogP contribution in [0.3, 0.4) is 0 Å². The number of fused-ring (bicyclic) bond motifs is 1. The summed E-state index contributed by atoms with van der Waals surface area (Å²) in [5.74, 6) is 0. The van der Waals surface area contributed by atoms with Gasteiger partial charge in [-0.05, 0) is 31.8 Å². The maximum Gasteiger partial charge on any atom is 0.179 e. The first-order chi connectivity index (χ1) is 11.8. The second-order valence-corrected chi connectivity index (χ2v) is 8.19. The van der Waals surface area contributed by atoms with Crippen LogP contribution in [0.4, 0.5) is 5.69 Å². The lowest BCUT2D eigenvalue weighted by molar-refractivity contribution is 0.403. The van der Waals surface area contributed by atoms with E-state index in [1.807, 2.05) is 43.3 Å². The number of hydrogen-bond donors (Lipinski definition) is 1. The van der Waals surface area contributed by atoms with E-state index < -0.39 is 9.84 Å². The molecule has 130 valence electrons. The van der Waals surface area contributed by atoms with Gasteiger partial charge in [-0.1, -0.05) is 24.3 Å². The third-order valence-corrected chi connectivity index (χ3v) is 5.02. The van der Waals surface area contributed by atoms with Crippen molar-refractivity contribution < 1.29 is 8.42 Å². The Morgan fingerprint density at radius 1 is 1.12 bits per heavy atom. The average molecular weight is 356 g/mol. The van der Waals surface area contributed by atoms with Crippen LogP contribution in [0, 0.1) is 0 Å². The number of pyridine rings is 2. The van der Waals surface area contributed by atoms with E-state index in [-0.39, 0.29) is 10.6 Å². The number of nitrogen functional groups attached to an aromatic ring is 1. The van der Waals surface area contributed by atoms with Gasteiger partial charge in [-0.15, -0.1) is 0 Å². The molecule has 6 nitrogen and oxygen atoms in total. The predicted molar refractivity (Wildman–Crippen MR) is 99.9 cm³/mol. The largest absolute Gasteiger partial charge is 0.396 e. The fraction of sp³-hybridized carbons (Fsp3) is 0.222. The molecule has 0 fully saturated rings. The van der Waals surface area contributed by atoms with Gasteiger partial charge in [0.05, 0.1) is 16.9 Å². The Morgan fingerprint density at radius 2 is 1.84 bits per heavy atom. The van der Waals surface area contributed by atoms with Crippen molar-refractivity contribution in [2.24, 2.45) is 0 Å². The Morgan fingerprint density at radius 3 is 2.52 bits per heavy atom. The van der Waals surface area contributed by atoms with E-state index in [2.05, 4.69) is 9.97 Å². The van der Waals surface area contributed by atoms with E-state index in [0.29, 0.717) is 23.3 Å². The van der Waals surface area contributed by atoms with Crippen molar-refractivity contribution in [3.63, 3.8) is 0 Å². The molecule has 2 N–H and O–H groups in total. The first-order valence-corrected chi connectivity index (χ1v) is 9.65. The number of nitrogens with zero attached hydrogens (tertiary/aromatic N) is 3. The number of hydrogen-bond acceptors (Lipinski definition) is 6. The molecular weight excluding hydrogens is 336 g/mol. The Hall–Kier alpha value is -2.51. The molecule has 1 aromatic carbocycles. The molecule has 0 unspecified atom stereocenters. The molecule has 0 aliphatic rings. The van der Waals surface area contributed by atoms with Gasteiger partial charge in [0.15, 0.2) is 9.84 Å². The molecule has 3 rings (SSSR count). The number of anilines is 1. The molecule has 3 aromatic rings. The summed E-state index contributed by atoms with van der Waals surface area (Å²) in [4.78, 5) is 10.9. The maximum atomic E-state index is 12.5. The molecule has 0 spiro atoms. The van der Waals surface area contributed by atoms with Crippen LogP contribution in [-0.4, -0.2) is 43.6 Å². The standard InChI is InChI=1S/C18H20N4O2S/c1-22(2)11-12-7-4-5-8-13(12)16-18(25(3,23)24)15(19)17-14(21-16)9-6-10-20-17/h4-10H,11H2,1-3H3,(H2,19,21). The van der Waals surface area contributed by atoms with E-state index >= 15 is 0 Å². The molecule has 2 aromatic heterocycles. The molecule has 0 aliphatic carbocycles. The highest BCUT2D eigenvalue weighted by Crippen LogP contribution is 2.36. The minimum Gasteiger partial charge on any atom is -0.396 e. The average Bonchev–Trinajstić information content (AvgIpc) is 2.53. The predicted octanol–water partition coefficient (Wildman–Crippen LogP) is 2.34. The zero-order chi connectivity index (χ0) is 18.2. The lowest BCUT2D eigenvalue weighted by Crippen LogP contribution is -2.13. The molecule has 0 saturated carbocycles. The molecule has 0 amide bonds. The second-order valence-electron chi connectivity index (χ2n) is 6.24. The number of rotatable bonds is 4. The molecule has 0 bridgehead atoms. The highest BCUT2D eigenvalue weighted by atomic mass is 32.2. The molecule has 0 radical (unpaired) electrons. The van der Waals surface area contributed by atoms with Crippen LogP contribution in [0.1, 0.15) is 5.56 Å². The smallest absolute Gasteiger partial charge is 0.179 e. The van der Waals surface area contributed by atoms with Crippen molar-refractivity contribution in [2.75, 3.05) is 26.1 Å². The summed E-state index contributed by atoms with van der Waals surface area (Å²) in [6, 6.07) is 11.2. The van der Waals surface area contributed by atoms with Crippen LogP contribution in [0.15, 0.2) is 47.5 Å². The van der Waals surface area contributed by atoms with Gasteiger partial charge in [0.1, 0.15) is 10.4 Å². The Kier molecular flexibility index (Phi) is 4.45. The van der Waals surface area contributed by atoms with E-state index in [9.17, 15) is 8.42 Å². The van der Waals surface area contributed by atoms with Crippen LogP contribution in [0.5, 0.6) is 0 Å². The zero-order valence-electron chi connectivity index (χ0n) is 14.4. The van der Waals surface area contributed by atoms with Gasteiger partial charge in [0, 0.05) is 24.6 Å². The van der Waals surface area contributed by atoms with Gasteiger partial charge in [-0.3, -0.25) is 4.98 Å². The van der Waals surface area contributed by atoms with Crippen LogP contribution < -0.4 is 5.73 Å². The van der Waals surface area contributed by atoms with E-state index in [1.54, 1.807) is 18.3 Å². The summed E-state index contributed by atoms with van der Waals surface area (Å²) in [7, 11) is 0.327. The Balaban J connectivity index is 2.41. The molecule has 0 atom stereocenters. The molecule has 25 heavy (non-hydrogen) atoms. The second kappa shape index (κ2) is 6.42. The van der Waals surface area contributed by atoms with Gasteiger partial charge in [-0.2, -0.15) is 0 Å². The summed E-state index contributed by atoms with van der Waals surface area (Å²) in [6.07, 6.45) is 2.72. The summed E-state index contributed by atoms with van der Waals surface area (Å²) in [5.41, 5.74) is 9.43. The lowest BCUT2D eigenvalue weighted by Gasteiger charge is -2.17. The third-order valence-electron chi connectivity index (χ3n) is 3.86. The van der Waals surface area contributed by atoms with Crippen LogP contribution >= 0.6 is 0 Å². The van der Waals surface area contributed by atoms with Crippen LogP contribution in [0.2, 0.25) is 0 Å². The van der Waals surface area contributed by atoms with Crippen molar-refractivity contribution >= 4 is 26.6 Å². The monoisotopic (exact) mass is 356 g/mol. The van der Waals surface area contributed by atoms with Gasteiger partial charge in [0.25, 0.3) is 0 Å². The topological polar surface area (TPSA) is 89.2 Å². The highest BCUT2D eigenvalue weighted by molar-refractivity contribution is 7.91. The molecule has 7 heteroatoms. The van der Waals surface area contributed by atoms with Crippen molar-refractivity contribution in [2.45, 2.75) is 11.4 Å². The quantitative estimate of drug-likeness (QED) is 0.772. The third kappa shape index (κ3) is 3.33. The summed E-state index contributed by atoms with van der Waals surface area (Å²) in [6.45, 7) is 0.659. The summed E-state index contributed by atoms with van der Waals surface area (Å²) >= 11 is 0. The van der Waals surface area contributed by atoms with Crippen molar-refractivity contribution in [3.8, 4) is 11.3 Å². The summed E-state index contributed by atoms with van der Waals surface area (Å²) < 4.78 is 24.9. The van der Waals surface area contributed by atoms with Crippen LogP contribution in [0.25, 0.3) is 22.3 Å². The molecular formula is C18H20N4O2S. The minimum atomic E-state index is -3.59. The lowest BCUT2D eigenvalue weighted by atomic mass is 10.0. The van der Waals surface area contributed by atoms with Gasteiger partial charge in [-0.25, -0.2) is 13.4 Å². The fourth-order valence-corrected chi connectivity index (χ4v) is 3.89. The van der Waals surface area contributed by atoms with E-state index in [1.165, 1.54) is 0 Å². The zero-order valence-corrected chi connectivity index (χ0v) is 15.2. The van der Waals surface area contributed by atoms with Crippen molar-refractivity contribution in [1.82, 2.24) is 14.9 Å². The number of benzene rings is 1. The normalized spacial score (nSPS) is 12.0. The Labute approximate surface area is 147 Å². The molecule has 2 heterocycles. The fourth-order valence-electron chi connectivity index (χ4n) is 2.89.